The van der Waals surface area contributed by atoms with Crippen molar-refractivity contribution >= 4 is 26.6 Å². The van der Waals surface area contributed by atoms with Crippen molar-refractivity contribution in [2.45, 2.75) is 43.5 Å². The van der Waals surface area contributed by atoms with Crippen LogP contribution in [0.4, 0.5) is 5.69 Å². The minimum Gasteiger partial charge on any atom is -0.399 e. The molecule has 0 amide bonds. The standard InChI is InChI=1S/C15H21N3O2S/c1-2-3-8-18(12-5-6-12)21(19,20)15-10-17-14-7-4-11(16)9-13(14)15/h4,7,9-10,12,17H,2-3,5-6,8,16H2,1H3. The number of nitrogens with two attached hydrogens (primary N) is 1. The van der Waals surface area contributed by atoms with Crippen LogP contribution in [0.5, 0.6) is 0 Å². The number of fused-ring (bicyclic) bond motifs is 1. The van der Waals surface area contributed by atoms with E-state index in [4.69, 9.17) is 5.73 Å². The Kier molecular flexibility index (Phi) is 3.67. The molecule has 3 rings (SSSR count). The van der Waals surface area contributed by atoms with Gasteiger partial charge >= 0.3 is 0 Å². The molecule has 3 N–H and O–H groups in total. The number of unbranched alkanes of at least 4 members (excludes halogenated alkanes) is 1. The minimum atomic E-state index is -3.46. The molecular formula is C15H21N3O2S. The number of sulfonamides is 1. The third-order valence-corrected chi connectivity index (χ3v) is 5.93. The molecular weight excluding hydrogens is 286 g/mol. The van der Waals surface area contributed by atoms with Crippen LogP contribution >= 0.6 is 0 Å². The summed E-state index contributed by atoms with van der Waals surface area (Å²) in [5.41, 5.74) is 7.18. The van der Waals surface area contributed by atoms with Crippen LogP contribution in [0.25, 0.3) is 10.9 Å². The highest BCUT2D eigenvalue weighted by Crippen LogP contribution is 2.35. The molecule has 0 spiro atoms. The number of benzene rings is 1. The van der Waals surface area contributed by atoms with Crippen LogP contribution < -0.4 is 5.73 Å². The molecule has 114 valence electrons. The Morgan fingerprint density at radius 2 is 2.14 bits per heavy atom. The second-order valence-electron chi connectivity index (χ2n) is 5.66. The molecule has 2 aromatic rings. The Hall–Kier alpha value is -1.53. The van der Waals surface area contributed by atoms with Gasteiger partial charge in [-0.1, -0.05) is 13.3 Å². The first kappa shape index (κ1) is 14.4. The Balaban J connectivity index is 2.04. The van der Waals surface area contributed by atoms with Crippen LogP contribution in [0.15, 0.2) is 29.3 Å². The summed E-state index contributed by atoms with van der Waals surface area (Å²) in [5.74, 6) is 0. The number of rotatable bonds is 6. The van der Waals surface area contributed by atoms with Gasteiger partial charge in [-0.25, -0.2) is 8.42 Å². The van der Waals surface area contributed by atoms with E-state index < -0.39 is 10.0 Å². The fourth-order valence-corrected chi connectivity index (χ4v) is 4.51. The third kappa shape index (κ3) is 2.65. The van der Waals surface area contributed by atoms with E-state index in [1.165, 1.54) is 0 Å². The molecule has 1 fully saturated rings. The molecule has 0 radical (unpaired) electrons. The van der Waals surface area contributed by atoms with Gasteiger partial charge in [-0.15, -0.1) is 0 Å². The lowest BCUT2D eigenvalue weighted by Crippen LogP contribution is -2.33. The van der Waals surface area contributed by atoms with E-state index in [0.717, 1.165) is 31.2 Å². The van der Waals surface area contributed by atoms with Gasteiger partial charge in [0.2, 0.25) is 10.0 Å². The molecule has 1 aliphatic rings. The second-order valence-corrected chi connectivity index (χ2v) is 7.52. The molecule has 0 saturated heterocycles. The highest BCUT2D eigenvalue weighted by atomic mass is 32.2. The molecule has 5 nitrogen and oxygen atoms in total. The smallest absolute Gasteiger partial charge is 0.245 e. The van der Waals surface area contributed by atoms with Crippen LogP contribution in [0.3, 0.4) is 0 Å². The fraction of sp³-hybridized carbons (Fsp3) is 0.467. The lowest BCUT2D eigenvalue weighted by Gasteiger charge is -2.21. The van der Waals surface area contributed by atoms with Crippen LogP contribution in [-0.4, -0.2) is 30.3 Å². The van der Waals surface area contributed by atoms with E-state index in [1.807, 2.05) is 6.07 Å². The van der Waals surface area contributed by atoms with E-state index in [1.54, 1.807) is 22.6 Å². The molecule has 0 unspecified atom stereocenters. The first-order valence-corrected chi connectivity index (χ1v) is 8.86. The van der Waals surface area contributed by atoms with Crippen molar-refractivity contribution in [3.63, 3.8) is 0 Å². The normalized spacial score (nSPS) is 15.9. The highest BCUT2D eigenvalue weighted by molar-refractivity contribution is 7.89. The zero-order valence-electron chi connectivity index (χ0n) is 12.2. The maximum Gasteiger partial charge on any atom is 0.245 e. The number of anilines is 1. The summed E-state index contributed by atoms with van der Waals surface area (Å²) in [6.45, 7) is 2.67. The number of H-pyrrole nitrogens is 1. The van der Waals surface area contributed by atoms with Gasteiger partial charge in [0.05, 0.1) is 0 Å². The summed E-state index contributed by atoms with van der Waals surface area (Å²) in [4.78, 5) is 3.37. The summed E-state index contributed by atoms with van der Waals surface area (Å²) >= 11 is 0. The lowest BCUT2D eigenvalue weighted by molar-refractivity contribution is 0.396. The van der Waals surface area contributed by atoms with E-state index in [-0.39, 0.29) is 6.04 Å². The Morgan fingerprint density at radius 3 is 2.81 bits per heavy atom. The predicted octanol–water partition coefficient (Wildman–Crippen LogP) is 2.70. The summed E-state index contributed by atoms with van der Waals surface area (Å²) < 4.78 is 27.6. The number of aromatic nitrogens is 1. The van der Waals surface area contributed by atoms with Crippen molar-refractivity contribution in [3.8, 4) is 0 Å². The van der Waals surface area contributed by atoms with E-state index in [0.29, 0.717) is 22.5 Å². The molecule has 21 heavy (non-hydrogen) atoms. The van der Waals surface area contributed by atoms with Crippen LogP contribution in [0.2, 0.25) is 0 Å². The SMILES string of the molecule is CCCCN(C1CC1)S(=O)(=O)c1c[nH]c2ccc(N)cc12. The van der Waals surface area contributed by atoms with Gasteiger partial charge in [-0.3, -0.25) is 0 Å². The molecule has 0 atom stereocenters. The third-order valence-electron chi connectivity index (χ3n) is 3.94. The fourth-order valence-electron chi connectivity index (χ4n) is 2.63. The molecule has 1 aromatic carbocycles. The topological polar surface area (TPSA) is 79.2 Å². The van der Waals surface area contributed by atoms with Crippen molar-refractivity contribution in [3.05, 3.63) is 24.4 Å². The van der Waals surface area contributed by atoms with Crippen molar-refractivity contribution in [1.29, 1.82) is 0 Å². The van der Waals surface area contributed by atoms with Gasteiger partial charge < -0.3 is 10.7 Å². The average molecular weight is 307 g/mol. The maximum atomic E-state index is 13.0. The summed E-state index contributed by atoms with van der Waals surface area (Å²) in [6, 6.07) is 5.48. The van der Waals surface area contributed by atoms with Crippen LogP contribution in [0, 0.1) is 0 Å². The summed E-state index contributed by atoms with van der Waals surface area (Å²) in [7, 11) is -3.46. The molecule has 0 bridgehead atoms. The van der Waals surface area contributed by atoms with Crippen molar-refractivity contribution < 1.29 is 8.42 Å². The van der Waals surface area contributed by atoms with E-state index in [9.17, 15) is 8.42 Å². The van der Waals surface area contributed by atoms with Crippen LogP contribution in [-0.2, 0) is 10.0 Å². The molecule has 1 aliphatic carbocycles. The largest absolute Gasteiger partial charge is 0.399 e. The van der Waals surface area contributed by atoms with Gasteiger partial charge in [-0.05, 0) is 37.5 Å². The number of hydrogen-bond acceptors (Lipinski definition) is 3. The van der Waals surface area contributed by atoms with Crippen LogP contribution in [0.1, 0.15) is 32.6 Å². The van der Waals surface area contributed by atoms with Gasteiger partial charge in [0, 0.05) is 35.4 Å². The molecule has 1 saturated carbocycles. The lowest BCUT2D eigenvalue weighted by atomic mass is 10.2. The quantitative estimate of drug-likeness (QED) is 0.805. The zero-order valence-corrected chi connectivity index (χ0v) is 13.0. The maximum absolute atomic E-state index is 13.0. The van der Waals surface area contributed by atoms with Gasteiger partial charge in [-0.2, -0.15) is 4.31 Å². The number of nitrogens with zero attached hydrogens (tertiary/aromatic N) is 1. The number of nitrogens with one attached hydrogen (secondary N) is 1. The monoisotopic (exact) mass is 307 g/mol. The first-order chi connectivity index (χ1) is 10.0. The van der Waals surface area contributed by atoms with Crippen molar-refractivity contribution in [2.75, 3.05) is 12.3 Å². The highest BCUT2D eigenvalue weighted by Gasteiger charge is 2.38. The molecule has 1 aromatic heterocycles. The first-order valence-electron chi connectivity index (χ1n) is 7.42. The molecule has 0 aliphatic heterocycles. The average Bonchev–Trinajstić information content (AvgIpc) is 3.17. The van der Waals surface area contributed by atoms with E-state index >= 15 is 0 Å². The number of nitrogen functional groups attached to an aromatic ring is 1. The summed E-state index contributed by atoms with van der Waals surface area (Å²) in [6.07, 6.45) is 5.39. The van der Waals surface area contributed by atoms with Gasteiger partial charge in [0.15, 0.2) is 0 Å². The predicted molar refractivity (Wildman–Crippen MR) is 84.5 cm³/mol. The number of aromatic amines is 1. The molecule has 1 heterocycles. The zero-order chi connectivity index (χ0) is 15.0. The second kappa shape index (κ2) is 5.35. The Morgan fingerprint density at radius 1 is 1.38 bits per heavy atom. The Labute approximate surface area is 125 Å². The van der Waals surface area contributed by atoms with Gasteiger partial charge in [0.1, 0.15) is 4.90 Å². The van der Waals surface area contributed by atoms with Crippen molar-refractivity contribution in [1.82, 2.24) is 9.29 Å². The summed E-state index contributed by atoms with van der Waals surface area (Å²) in [5, 5.41) is 0.678. The minimum absolute atomic E-state index is 0.174. The van der Waals surface area contributed by atoms with Gasteiger partial charge in [0.25, 0.3) is 0 Å². The Bertz CT molecular complexity index is 747. The van der Waals surface area contributed by atoms with E-state index in [2.05, 4.69) is 11.9 Å². The molecule has 6 heteroatoms. The van der Waals surface area contributed by atoms with Crippen molar-refractivity contribution in [2.24, 2.45) is 0 Å². The number of hydrogen-bond donors (Lipinski definition) is 2.